The monoisotopic (exact) mass is 397 g/mol. The zero-order valence-corrected chi connectivity index (χ0v) is 16.2. The predicted molar refractivity (Wildman–Crippen MR) is 105 cm³/mol. The molecule has 0 bridgehead atoms. The first-order valence-electron chi connectivity index (χ1n) is 10.2. The van der Waals surface area contributed by atoms with Crippen LogP contribution in [0.1, 0.15) is 25.7 Å². The van der Waals surface area contributed by atoms with Crippen molar-refractivity contribution in [2.45, 2.75) is 31.7 Å². The molecule has 29 heavy (non-hydrogen) atoms. The van der Waals surface area contributed by atoms with Crippen molar-refractivity contribution in [3.8, 4) is 0 Å². The minimum Gasteiger partial charge on any atom is -0.355 e. The molecule has 152 valence electrons. The Bertz CT molecular complexity index is 876. The number of halogens is 1. The van der Waals surface area contributed by atoms with Crippen LogP contribution in [0.5, 0.6) is 0 Å². The third-order valence-electron chi connectivity index (χ3n) is 6.30. The molecule has 2 atom stereocenters. The summed E-state index contributed by atoms with van der Waals surface area (Å²) in [6, 6.07) is 1.70. The summed E-state index contributed by atoms with van der Waals surface area (Å²) in [4.78, 5) is 34.7. The molecule has 2 aromatic heterocycles. The van der Waals surface area contributed by atoms with Gasteiger partial charge >= 0.3 is 0 Å². The average Bonchev–Trinajstić information content (AvgIpc) is 3.50. The van der Waals surface area contributed by atoms with Gasteiger partial charge in [-0.25, -0.2) is 24.3 Å². The highest BCUT2D eigenvalue weighted by atomic mass is 19.1. The van der Waals surface area contributed by atoms with Crippen LogP contribution in [0.25, 0.3) is 0 Å². The molecule has 5 rings (SSSR count). The lowest BCUT2D eigenvalue weighted by Gasteiger charge is -2.44. The summed E-state index contributed by atoms with van der Waals surface area (Å²) < 4.78 is 13.3. The zero-order valence-electron chi connectivity index (χ0n) is 16.2. The van der Waals surface area contributed by atoms with Gasteiger partial charge in [-0.05, 0) is 37.7 Å². The number of carbonyl (C=O) groups excluding carboxylic acids is 1. The molecule has 1 N–H and O–H groups in total. The molecule has 1 aliphatic carbocycles. The van der Waals surface area contributed by atoms with E-state index in [2.05, 4.69) is 30.2 Å². The number of hydrogen-bond donors (Lipinski definition) is 1. The number of hydrogen-bond acceptors (Lipinski definition) is 7. The van der Waals surface area contributed by atoms with E-state index in [0.717, 1.165) is 25.9 Å². The number of rotatable bonds is 5. The molecule has 2 aliphatic heterocycles. The van der Waals surface area contributed by atoms with E-state index in [1.54, 1.807) is 18.5 Å². The van der Waals surface area contributed by atoms with E-state index in [1.165, 1.54) is 25.2 Å². The maximum atomic E-state index is 13.4. The molecule has 3 aliphatic rings. The topological polar surface area (TPSA) is 87.1 Å². The normalized spacial score (nSPS) is 26.3. The minimum atomic E-state index is -0.593. The highest BCUT2D eigenvalue weighted by Crippen LogP contribution is 2.44. The third kappa shape index (κ3) is 3.38. The molecular weight excluding hydrogens is 373 g/mol. The summed E-state index contributed by atoms with van der Waals surface area (Å²) in [6.07, 6.45) is 9.83. The lowest BCUT2D eigenvalue weighted by molar-refractivity contribution is -0.131. The van der Waals surface area contributed by atoms with Crippen LogP contribution < -0.4 is 15.1 Å². The SMILES string of the molecule is O=C(NCC1CC1)[C@@]12CCCN(c3ncccn3)[C@@H]1CN(c1ncc(F)cn1)C2. The Labute approximate surface area is 168 Å². The number of fused-ring (bicyclic) bond motifs is 1. The van der Waals surface area contributed by atoms with Crippen LogP contribution >= 0.6 is 0 Å². The van der Waals surface area contributed by atoms with Crippen LogP contribution in [0.2, 0.25) is 0 Å². The van der Waals surface area contributed by atoms with Crippen molar-refractivity contribution >= 4 is 17.8 Å². The highest BCUT2D eigenvalue weighted by Gasteiger charge is 2.57. The van der Waals surface area contributed by atoms with Crippen LogP contribution in [-0.2, 0) is 4.79 Å². The van der Waals surface area contributed by atoms with Crippen molar-refractivity contribution in [1.82, 2.24) is 25.3 Å². The van der Waals surface area contributed by atoms with E-state index in [1.807, 2.05) is 4.90 Å². The van der Waals surface area contributed by atoms with Crippen LogP contribution in [0.3, 0.4) is 0 Å². The van der Waals surface area contributed by atoms with Gasteiger partial charge in [0, 0.05) is 38.6 Å². The molecule has 3 fully saturated rings. The van der Waals surface area contributed by atoms with E-state index in [-0.39, 0.29) is 11.9 Å². The summed E-state index contributed by atoms with van der Waals surface area (Å²) in [5, 5.41) is 3.20. The maximum absolute atomic E-state index is 13.4. The first kappa shape index (κ1) is 18.2. The van der Waals surface area contributed by atoms with Gasteiger partial charge in [-0.1, -0.05) is 0 Å². The highest BCUT2D eigenvalue weighted by molar-refractivity contribution is 5.86. The number of piperidine rings is 1. The fourth-order valence-electron chi connectivity index (χ4n) is 4.63. The lowest BCUT2D eigenvalue weighted by Crippen LogP contribution is -2.59. The van der Waals surface area contributed by atoms with Gasteiger partial charge in [-0.2, -0.15) is 0 Å². The molecule has 8 nitrogen and oxygen atoms in total. The Kier molecular flexibility index (Phi) is 4.52. The minimum absolute atomic E-state index is 0.0830. The van der Waals surface area contributed by atoms with Gasteiger partial charge < -0.3 is 15.1 Å². The van der Waals surface area contributed by atoms with E-state index < -0.39 is 11.2 Å². The maximum Gasteiger partial charge on any atom is 0.230 e. The van der Waals surface area contributed by atoms with Crippen molar-refractivity contribution in [3.05, 3.63) is 36.7 Å². The van der Waals surface area contributed by atoms with Crippen molar-refractivity contribution in [2.24, 2.45) is 11.3 Å². The van der Waals surface area contributed by atoms with Crippen molar-refractivity contribution < 1.29 is 9.18 Å². The molecule has 4 heterocycles. The van der Waals surface area contributed by atoms with E-state index >= 15 is 0 Å². The Morgan fingerprint density at radius 3 is 2.66 bits per heavy atom. The number of nitrogens with one attached hydrogen (secondary N) is 1. The van der Waals surface area contributed by atoms with Crippen LogP contribution in [-0.4, -0.2) is 58.1 Å². The Morgan fingerprint density at radius 2 is 1.93 bits per heavy atom. The third-order valence-corrected chi connectivity index (χ3v) is 6.30. The fourth-order valence-corrected chi connectivity index (χ4v) is 4.63. The summed E-state index contributed by atoms with van der Waals surface area (Å²) in [6.45, 7) is 2.61. The Morgan fingerprint density at radius 1 is 1.17 bits per heavy atom. The van der Waals surface area contributed by atoms with Crippen LogP contribution in [0, 0.1) is 17.2 Å². The number of anilines is 2. The van der Waals surface area contributed by atoms with Crippen molar-refractivity contribution in [2.75, 3.05) is 36.0 Å². The van der Waals surface area contributed by atoms with E-state index in [9.17, 15) is 9.18 Å². The molecule has 0 radical (unpaired) electrons. The predicted octanol–water partition coefficient (Wildman–Crippen LogP) is 1.41. The Hall–Kier alpha value is -2.84. The number of aromatic nitrogens is 4. The first-order valence-corrected chi connectivity index (χ1v) is 10.2. The largest absolute Gasteiger partial charge is 0.355 e. The molecule has 0 aromatic carbocycles. The molecule has 1 amide bonds. The molecule has 0 unspecified atom stereocenters. The summed E-state index contributed by atoms with van der Waals surface area (Å²) >= 11 is 0. The number of amides is 1. The molecule has 1 saturated carbocycles. The van der Waals surface area contributed by atoms with E-state index in [0.29, 0.717) is 30.9 Å². The first-order chi connectivity index (χ1) is 14.2. The molecule has 9 heteroatoms. The van der Waals surface area contributed by atoms with Crippen molar-refractivity contribution in [1.29, 1.82) is 0 Å². The number of carbonyl (C=O) groups is 1. The second-order valence-electron chi connectivity index (χ2n) is 8.25. The van der Waals surface area contributed by atoms with Gasteiger partial charge in [0.25, 0.3) is 0 Å². The van der Waals surface area contributed by atoms with Gasteiger partial charge in [0.1, 0.15) is 0 Å². The molecule has 2 aromatic rings. The second kappa shape index (κ2) is 7.20. The van der Waals surface area contributed by atoms with Gasteiger partial charge in [-0.15, -0.1) is 0 Å². The van der Waals surface area contributed by atoms with E-state index in [4.69, 9.17) is 0 Å². The fraction of sp³-hybridized carbons (Fsp3) is 0.550. The second-order valence-corrected chi connectivity index (χ2v) is 8.25. The van der Waals surface area contributed by atoms with Gasteiger partial charge in [0.2, 0.25) is 17.8 Å². The quantitative estimate of drug-likeness (QED) is 0.816. The zero-order chi connectivity index (χ0) is 19.8. The molecular formula is C20H24FN7O. The van der Waals surface area contributed by atoms with Gasteiger partial charge in [0.15, 0.2) is 5.82 Å². The summed E-state index contributed by atoms with van der Waals surface area (Å²) in [7, 11) is 0. The van der Waals surface area contributed by atoms with Gasteiger partial charge in [0.05, 0.1) is 23.9 Å². The van der Waals surface area contributed by atoms with Gasteiger partial charge in [-0.3, -0.25) is 4.79 Å². The van der Waals surface area contributed by atoms with Crippen molar-refractivity contribution in [3.63, 3.8) is 0 Å². The van der Waals surface area contributed by atoms with Crippen LogP contribution in [0.4, 0.5) is 16.3 Å². The molecule has 2 saturated heterocycles. The van der Waals surface area contributed by atoms with Crippen LogP contribution in [0.15, 0.2) is 30.9 Å². The lowest BCUT2D eigenvalue weighted by atomic mass is 9.74. The number of nitrogens with zero attached hydrogens (tertiary/aromatic N) is 6. The summed E-state index contributed by atoms with van der Waals surface area (Å²) in [5.74, 6) is 1.31. The molecule has 0 spiro atoms. The Balaban J connectivity index is 1.47. The summed E-state index contributed by atoms with van der Waals surface area (Å²) in [5.41, 5.74) is -0.593. The average molecular weight is 397 g/mol. The standard InChI is InChI=1S/C20H24FN7O/c21-15-10-25-18(26-11-15)27-12-16-20(13-27,17(29)24-9-14-3-4-14)5-1-8-28(16)19-22-6-2-7-23-19/h2,6-7,10-11,14,16H,1,3-5,8-9,12-13H2,(H,24,29)/t16-,20-/m1/s1. The smallest absolute Gasteiger partial charge is 0.230 e.